The largest absolute Gasteiger partial charge is 0.444 e. The monoisotopic (exact) mass is 559 g/mol. The molecule has 2 aliphatic rings. The molecule has 1 fully saturated rings. The molecule has 218 valence electrons. The molecule has 3 unspecified atom stereocenters. The van der Waals surface area contributed by atoms with Gasteiger partial charge in [0.1, 0.15) is 5.60 Å². The molecule has 4 rings (SSSR count). The van der Waals surface area contributed by atoms with E-state index in [0.29, 0.717) is 23.8 Å². The normalized spacial score (nSPS) is 21.8. The quantitative estimate of drug-likeness (QED) is 0.366. The van der Waals surface area contributed by atoms with Gasteiger partial charge in [-0.2, -0.15) is 5.10 Å². The minimum Gasteiger partial charge on any atom is -0.444 e. The second kappa shape index (κ2) is 13.1. The van der Waals surface area contributed by atoms with Crippen molar-refractivity contribution in [3.8, 4) is 0 Å². The number of aryl methyl sites for hydroxylation is 1. The number of piperidine rings is 1. The standard InChI is InChI=1S/C33H42FN5O2/c1-7-26(15-13-23(2)34)29-21-30(39(37-29)31-35-20-19-24(3)36-31)27-16-18-28(17-14-25-11-9-8-10-12-25)38(22-27)32(40)41-33(4,5)6/h7-13,15,19-21,24,27-28H,1,14,16-18,22H2,2-6H3,(H,35,36). The lowest BCUT2D eigenvalue weighted by molar-refractivity contribution is 0.00613. The van der Waals surface area contributed by atoms with E-state index in [1.54, 1.807) is 12.2 Å². The smallest absolute Gasteiger partial charge is 0.410 e. The number of carbonyl (C=O) groups excluding carboxylic acids is 1. The minimum atomic E-state index is -0.599. The van der Waals surface area contributed by atoms with Gasteiger partial charge in [-0.15, -0.1) is 0 Å². The predicted molar refractivity (Wildman–Crippen MR) is 163 cm³/mol. The number of aliphatic imine (C=N–C) groups is 1. The van der Waals surface area contributed by atoms with Crippen LogP contribution in [0.25, 0.3) is 5.57 Å². The zero-order chi connectivity index (χ0) is 29.6. The maximum Gasteiger partial charge on any atom is 0.410 e. The highest BCUT2D eigenvalue weighted by molar-refractivity contribution is 5.85. The lowest BCUT2D eigenvalue weighted by Crippen LogP contribution is -2.49. The van der Waals surface area contributed by atoms with E-state index in [2.05, 4.69) is 24.0 Å². The summed E-state index contributed by atoms with van der Waals surface area (Å²) in [6.07, 6.45) is 11.7. The van der Waals surface area contributed by atoms with Gasteiger partial charge in [-0.25, -0.2) is 18.9 Å². The lowest BCUT2D eigenvalue weighted by Gasteiger charge is -2.40. The fourth-order valence-corrected chi connectivity index (χ4v) is 5.20. The second-order valence-electron chi connectivity index (χ2n) is 11.7. The van der Waals surface area contributed by atoms with Gasteiger partial charge in [0.2, 0.25) is 5.96 Å². The van der Waals surface area contributed by atoms with Crippen molar-refractivity contribution in [3.05, 3.63) is 96.3 Å². The summed E-state index contributed by atoms with van der Waals surface area (Å²) in [5.74, 6) is 0.298. The van der Waals surface area contributed by atoms with Crippen molar-refractivity contribution in [2.24, 2.45) is 4.99 Å². The van der Waals surface area contributed by atoms with Crippen molar-refractivity contribution in [1.82, 2.24) is 20.0 Å². The Bertz CT molecular complexity index is 1350. The second-order valence-corrected chi connectivity index (χ2v) is 11.7. The van der Waals surface area contributed by atoms with Gasteiger partial charge in [-0.3, -0.25) is 0 Å². The third-order valence-electron chi connectivity index (χ3n) is 7.22. The van der Waals surface area contributed by atoms with E-state index < -0.39 is 5.60 Å². The maximum absolute atomic E-state index is 13.5. The van der Waals surface area contributed by atoms with Crippen molar-refractivity contribution < 1.29 is 13.9 Å². The van der Waals surface area contributed by atoms with Crippen LogP contribution in [0.15, 0.2) is 84.3 Å². The number of amides is 1. The Labute approximate surface area is 243 Å². The molecule has 41 heavy (non-hydrogen) atoms. The van der Waals surface area contributed by atoms with Gasteiger partial charge in [0, 0.05) is 30.3 Å². The highest BCUT2D eigenvalue weighted by Crippen LogP contribution is 2.34. The summed E-state index contributed by atoms with van der Waals surface area (Å²) in [6.45, 7) is 13.5. The Hall–Kier alpha value is -3.94. The Morgan fingerprint density at radius 3 is 2.63 bits per heavy atom. The van der Waals surface area contributed by atoms with Crippen LogP contribution in [-0.4, -0.2) is 51.0 Å². The number of benzene rings is 1. The predicted octanol–water partition coefficient (Wildman–Crippen LogP) is 7.15. The average Bonchev–Trinajstić information content (AvgIpc) is 3.37. The number of carbonyl (C=O) groups is 1. The van der Waals surface area contributed by atoms with Crippen LogP contribution >= 0.6 is 0 Å². The van der Waals surface area contributed by atoms with E-state index in [9.17, 15) is 9.18 Å². The maximum atomic E-state index is 13.5. The third-order valence-corrected chi connectivity index (χ3v) is 7.22. The first-order valence-corrected chi connectivity index (χ1v) is 14.4. The molecular formula is C33H42FN5O2. The molecule has 3 heterocycles. The summed E-state index contributed by atoms with van der Waals surface area (Å²) in [6, 6.07) is 12.4. The fourth-order valence-electron chi connectivity index (χ4n) is 5.20. The average molecular weight is 560 g/mol. The number of aromatic nitrogens is 2. The van der Waals surface area contributed by atoms with Crippen LogP contribution in [0.1, 0.15) is 76.8 Å². The van der Waals surface area contributed by atoms with Crippen LogP contribution in [0.3, 0.4) is 0 Å². The number of nitrogens with zero attached hydrogens (tertiary/aromatic N) is 4. The fraction of sp³-hybridized carbons (Fsp3) is 0.424. The molecule has 0 radical (unpaired) electrons. The first-order chi connectivity index (χ1) is 19.5. The number of allylic oxidation sites excluding steroid dienone is 5. The number of hydrogen-bond acceptors (Lipinski definition) is 5. The molecule has 1 saturated heterocycles. The molecule has 2 aliphatic heterocycles. The number of ether oxygens (including phenoxy) is 1. The van der Waals surface area contributed by atoms with Gasteiger partial charge in [0.25, 0.3) is 0 Å². The number of halogens is 1. The minimum absolute atomic E-state index is 0.00743. The van der Waals surface area contributed by atoms with Crippen molar-refractivity contribution in [2.75, 3.05) is 6.54 Å². The van der Waals surface area contributed by atoms with Crippen molar-refractivity contribution in [2.45, 2.75) is 83.9 Å². The van der Waals surface area contributed by atoms with E-state index in [1.165, 1.54) is 18.6 Å². The van der Waals surface area contributed by atoms with Crippen molar-refractivity contribution in [1.29, 1.82) is 0 Å². The number of likely N-dealkylation sites (tertiary alicyclic amines) is 1. The van der Waals surface area contributed by atoms with E-state index in [4.69, 9.17) is 14.8 Å². The molecule has 8 heteroatoms. The topological polar surface area (TPSA) is 71.8 Å². The number of hydrogen-bond donors (Lipinski definition) is 1. The van der Waals surface area contributed by atoms with Gasteiger partial charge in [0.15, 0.2) is 0 Å². The molecule has 1 aromatic heterocycles. The van der Waals surface area contributed by atoms with Crippen molar-refractivity contribution >= 4 is 17.6 Å². The van der Waals surface area contributed by atoms with Crippen LogP contribution in [0.4, 0.5) is 9.18 Å². The molecule has 0 saturated carbocycles. The molecular weight excluding hydrogens is 517 g/mol. The summed E-state index contributed by atoms with van der Waals surface area (Å²) in [5, 5.41) is 8.11. The Morgan fingerprint density at radius 1 is 1.22 bits per heavy atom. The lowest BCUT2D eigenvalue weighted by atomic mass is 9.87. The van der Waals surface area contributed by atoms with Gasteiger partial charge < -0.3 is 15.0 Å². The van der Waals surface area contributed by atoms with E-state index in [0.717, 1.165) is 31.4 Å². The Balaban J connectivity index is 1.68. The van der Waals surface area contributed by atoms with Gasteiger partial charge in [0.05, 0.1) is 23.3 Å². The first kappa shape index (κ1) is 30.0. The first-order valence-electron chi connectivity index (χ1n) is 14.4. The third kappa shape index (κ3) is 8.06. The molecule has 2 aromatic rings. The summed E-state index contributed by atoms with van der Waals surface area (Å²) in [4.78, 5) is 20.2. The van der Waals surface area contributed by atoms with E-state index in [1.807, 2.05) is 73.8 Å². The summed E-state index contributed by atoms with van der Waals surface area (Å²) in [7, 11) is 0. The highest BCUT2D eigenvalue weighted by atomic mass is 19.1. The molecule has 3 atom stereocenters. The van der Waals surface area contributed by atoms with Crippen LogP contribution in [0, 0.1) is 0 Å². The summed E-state index contributed by atoms with van der Waals surface area (Å²) >= 11 is 0. The molecule has 1 N–H and O–H groups in total. The number of rotatable bonds is 7. The molecule has 1 amide bonds. The molecule has 1 aromatic carbocycles. The molecule has 0 bridgehead atoms. The van der Waals surface area contributed by atoms with Gasteiger partial charge in [-0.1, -0.05) is 49.1 Å². The SMILES string of the molecule is C=CC(=CC=C(C)F)c1cc(C2CCC(CCc3ccccc3)N(C(=O)OC(C)(C)C)C2)n(C2=NC(C)C=CN2)n1. The summed E-state index contributed by atoms with van der Waals surface area (Å²) in [5.41, 5.74) is 2.94. The van der Waals surface area contributed by atoms with Gasteiger partial charge >= 0.3 is 6.09 Å². The van der Waals surface area contributed by atoms with Crippen molar-refractivity contribution in [3.63, 3.8) is 0 Å². The van der Waals surface area contributed by atoms with Gasteiger partial charge in [-0.05, 0) is 84.1 Å². The van der Waals surface area contributed by atoms with Crippen LogP contribution < -0.4 is 5.32 Å². The zero-order valence-corrected chi connectivity index (χ0v) is 24.8. The van der Waals surface area contributed by atoms with Crippen LogP contribution in [0.2, 0.25) is 0 Å². The molecule has 0 aliphatic carbocycles. The number of nitrogens with one attached hydrogen (secondary N) is 1. The van der Waals surface area contributed by atoms with E-state index in [-0.39, 0.29) is 29.9 Å². The van der Waals surface area contributed by atoms with Crippen LogP contribution in [0.5, 0.6) is 0 Å². The molecule has 7 nitrogen and oxygen atoms in total. The Kier molecular flexibility index (Phi) is 9.63. The highest BCUT2D eigenvalue weighted by Gasteiger charge is 2.36. The summed E-state index contributed by atoms with van der Waals surface area (Å²) < 4.78 is 21.2. The Morgan fingerprint density at radius 2 is 1.98 bits per heavy atom. The zero-order valence-electron chi connectivity index (χ0n) is 24.8. The molecule has 0 spiro atoms. The van der Waals surface area contributed by atoms with Crippen LogP contribution in [-0.2, 0) is 11.2 Å². The van der Waals surface area contributed by atoms with E-state index >= 15 is 0 Å².